The topological polar surface area (TPSA) is 107 Å². The zero-order valence-electron chi connectivity index (χ0n) is 11.3. The number of nitrogens with zero attached hydrogens (tertiary/aromatic N) is 1. The highest BCUT2D eigenvalue weighted by Gasteiger charge is 2.57. The van der Waals surface area contributed by atoms with E-state index in [0.717, 1.165) is 6.20 Å². The summed E-state index contributed by atoms with van der Waals surface area (Å²) in [5, 5.41) is 3.76. The maximum Gasteiger partial charge on any atom is 0.392 e. The molecule has 0 spiro atoms. The molecule has 7 nitrogen and oxygen atoms in total. The first kappa shape index (κ1) is 15.0. The van der Waals surface area contributed by atoms with Crippen LogP contribution in [0.5, 0.6) is 0 Å². The van der Waals surface area contributed by atoms with Gasteiger partial charge in [-0.3, -0.25) is 15.2 Å². The molecular weight excluding hydrogens is 317 g/mol. The number of H-pyrrole nitrogens is 2. The Bertz CT molecular complexity index is 887. The lowest BCUT2D eigenvalue weighted by atomic mass is 10.0. The van der Waals surface area contributed by atoms with Crippen molar-refractivity contribution in [2.24, 2.45) is 16.9 Å². The molecule has 1 aliphatic heterocycles. The maximum atomic E-state index is 12.7. The van der Waals surface area contributed by atoms with E-state index < -0.39 is 29.3 Å². The fraction of sp³-hybridized carbons (Fsp3) is 0.308. The number of carbonyl (C=O) groups excluding carboxylic acids is 1. The van der Waals surface area contributed by atoms with Crippen LogP contribution in [0.25, 0.3) is 0 Å². The first-order valence-corrected chi connectivity index (χ1v) is 6.51. The predicted octanol–water partition coefficient (Wildman–Crippen LogP) is 0.211. The second-order valence-corrected chi connectivity index (χ2v) is 5.16. The van der Waals surface area contributed by atoms with Crippen molar-refractivity contribution in [2.75, 3.05) is 0 Å². The van der Waals surface area contributed by atoms with Crippen LogP contribution < -0.4 is 16.7 Å². The van der Waals surface area contributed by atoms with Crippen molar-refractivity contribution in [1.82, 2.24) is 15.4 Å². The van der Waals surface area contributed by atoms with E-state index in [1.165, 1.54) is 12.0 Å². The van der Waals surface area contributed by atoms with Gasteiger partial charge in [-0.15, -0.1) is 0 Å². The van der Waals surface area contributed by atoms with Crippen molar-refractivity contribution in [3.63, 3.8) is 0 Å². The van der Waals surface area contributed by atoms with Gasteiger partial charge < -0.3 is 4.98 Å². The zero-order valence-corrected chi connectivity index (χ0v) is 11.3. The normalized spacial score (nSPS) is 23.5. The van der Waals surface area contributed by atoms with Crippen LogP contribution in [0.2, 0.25) is 0 Å². The minimum Gasteiger partial charge on any atom is -0.313 e. The predicted molar refractivity (Wildman–Crippen MR) is 72.3 cm³/mol. The van der Waals surface area contributed by atoms with Crippen molar-refractivity contribution in [1.29, 1.82) is 0 Å². The Balaban J connectivity index is 1.99. The Labute approximate surface area is 125 Å². The van der Waals surface area contributed by atoms with Crippen molar-refractivity contribution >= 4 is 11.7 Å². The van der Waals surface area contributed by atoms with Crippen LogP contribution in [0.1, 0.15) is 12.0 Å². The highest BCUT2D eigenvalue weighted by Crippen LogP contribution is 2.54. The molecule has 2 atom stereocenters. The van der Waals surface area contributed by atoms with Gasteiger partial charge in [0, 0.05) is 6.20 Å². The molecule has 1 fully saturated rings. The summed E-state index contributed by atoms with van der Waals surface area (Å²) in [6.07, 6.45) is -2.17. The number of rotatable bonds is 2. The molecule has 3 N–H and O–H groups in total. The number of hydrogen-bond acceptors (Lipinski definition) is 5. The van der Waals surface area contributed by atoms with Crippen molar-refractivity contribution in [3.8, 4) is 0 Å². The smallest absolute Gasteiger partial charge is 0.313 e. The third-order valence-electron chi connectivity index (χ3n) is 3.68. The largest absolute Gasteiger partial charge is 0.392 e. The number of aromatic amines is 2. The summed E-state index contributed by atoms with van der Waals surface area (Å²) >= 11 is 0. The molecule has 1 saturated carbocycles. The SMILES string of the molecule is O=C=C1NN=C(c2c[nH]c(=O)[nH]c2=O)C=C1[C@H]1C[C@@H]1C(F)(F)F. The van der Waals surface area contributed by atoms with Gasteiger partial charge in [0.05, 0.1) is 17.2 Å². The zero-order chi connectivity index (χ0) is 16.8. The number of aromatic nitrogens is 2. The summed E-state index contributed by atoms with van der Waals surface area (Å²) in [7, 11) is 0. The van der Waals surface area contributed by atoms with Crippen molar-refractivity contribution < 1.29 is 18.0 Å². The third kappa shape index (κ3) is 2.76. The molecule has 0 saturated heterocycles. The van der Waals surface area contributed by atoms with Gasteiger partial charge in [0.15, 0.2) is 5.94 Å². The van der Waals surface area contributed by atoms with E-state index in [2.05, 4.69) is 15.5 Å². The van der Waals surface area contributed by atoms with Gasteiger partial charge >= 0.3 is 11.9 Å². The number of halogens is 3. The number of nitrogens with one attached hydrogen (secondary N) is 3. The van der Waals surface area contributed by atoms with Gasteiger partial charge in [-0.25, -0.2) is 9.59 Å². The number of hydrogen-bond donors (Lipinski definition) is 3. The van der Waals surface area contributed by atoms with E-state index in [0.29, 0.717) is 0 Å². The fourth-order valence-electron chi connectivity index (χ4n) is 2.45. The lowest BCUT2D eigenvalue weighted by molar-refractivity contribution is -0.149. The molecule has 0 unspecified atom stereocenters. The summed E-state index contributed by atoms with van der Waals surface area (Å²) in [6.45, 7) is 0. The van der Waals surface area contributed by atoms with E-state index in [1.54, 1.807) is 0 Å². The first-order valence-electron chi connectivity index (χ1n) is 6.51. The number of allylic oxidation sites excluding steroid dienone is 2. The van der Waals surface area contributed by atoms with Crippen LogP contribution in [0.4, 0.5) is 13.2 Å². The Morgan fingerprint density at radius 3 is 2.61 bits per heavy atom. The van der Waals surface area contributed by atoms with Crippen molar-refractivity contribution in [3.05, 3.63) is 49.9 Å². The lowest BCUT2D eigenvalue weighted by Crippen LogP contribution is -2.29. The molecule has 1 aliphatic carbocycles. The highest BCUT2D eigenvalue weighted by molar-refractivity contribution is 6.09. The van der Waals surface area contributed by atoms with E-state index in [1.807, 2.05) is 4.98 Å². The van der Waals surface area contributed by atoms with Gasteiger partial charge in [-0.05, 0) is 24.0 Å². The number of alkyl halides is 3. The quantitative estimate of drug-likeness (QED) is 0.675. The fourth-order valence-corrected chi connectivity index (χ4v) is 2.45. The van der Waals surface area contributed by atoms with Gasteiger partial charge in [0.1, 0.15) is 5.70 Å². The summed E-state index contributed by atoms with van der Waals surface area (Å²) < 4.78 is 38.2. The van der Waals surface area contributed by atoms with Crippen LogP contribution in [-0.4, -0.2) is 27.8 Å². The Hall–Kier alpha value is -2.87. The Morgan fingerprint density at radius 1 is 1.30 bits per heavy atom. The summed E-state index contributed by atoms with van der Waals surface area (Å²) in [5.41, 5.74) is 0.724. The van der Waals surface area contributed by atoms with Gasteiger partial charge in [0.25, 0.3) is 5.56 Å². The molecule has 2 aliphatic rings. The summed E-state index contributed by atoms with van der Waals surface area (Å²) in [4.78, 5) is 37.8. The monoisotopic (exact) mass is 326 g/mol. The molecule has 1 aromatic heterocycles. The molecule has 0 amide bonds. The molecular formula is C13H9F3N4O3. The molecule has 120 valence electrons. The van der Waals surface area contributed by atoms with Crippen LogP contribution in [0.3, 0.4) is 0 Å². The Kier molecular flexibility index (Phi) is 3.33. The molecule has 0 radical (unpaired) electrons. The van der Waals surface area contributed by atoms with E-state index >= 15 is 0 Å². The van der Waals surface area contributed by atoms with Gasteiger partial charge in [-0.2, -0.15) is 18.3 Å². The van der Waals surface area contributed by atoms with Crippen LogP contribution in [0, 0.1) is 11.8 Å². The second-order valence-electron chi connectivity index (χ2n) is 5.16. The van der Waals surface area contributed by atoms with Crippen LogP contribution >= 0.6 is 0 Å². The van der Waals surface area contributed by atoms with Crippen LogP contribution in [0.15, 0.2) is 38.2 Å². The summed E-state index contributed by atoms with van der Waals surface area (Å²) in [6, 6.07) is 0. The summed E-state index contributed by atoms with van der Waals surface area (Å²) in [5.74, 6) is -0.906. The van der Waals surface area contributed by atoms with E-state index in [9.17, 15) is 27.6 Å². The number of hydrazone groups is 1. The molecule has 10 heteroatoms. The van der Waals surface area contributed by atoms with Crippen molar-refractivity contribution in [2.45, 2.75) is 12.6 Å². The molecule has 23 heavy (non-hydrogen) atoms. The average Bonchev–Trinajstić information content (AvgIpc) is 3.27. The third-order valence-corrected chi connectivity index (χ3v) is 3.68. The van der Waals surface area contributed by atoms with E-state index in [-0.39, 0.29) is 29.0 Å². The maximum absolute atomic E-state index is 12.7. The standard InChI is InChI=1S/C13H9F3N4O3/c14-13(15,16)8-1-5(8)6-2-9(19-20-10(6)4-21)7-3-17-12(23)18-11(7)22/h2-3,5,8,20H,1H2,(H2,17,18,22,23)/t5-,8+/m1/s1. The van der Waals surface area contributed by atoms with Gasteiger partial charge in [-0.1, -0.05) is 0 Å². The highest BCUT2D eigenvalue weighted by atomic mass is 19.4. The molecule has 2 heterocycles. The van der Waals surface area contributed by atoms with E-state index in [4.69, 9.17) is 0 Å². The second kappa shape index (κ2) is 5.10. The first-order chi connectivity index (χ1) is 10.8. The molecule has 0 bridgehead atoms. The molecule has 3 rings (SSSR count). The minimum absolute atomic E-state index is 0.0179. The minimum atomic E-state index is -4.36. The molecule has 1 aromatic rings. The lowest BCUT2D eigenvalue weighted by Gasteiger charge is -2.15. The molecule has 0 aromatic carbocycles. The average molecular weight is 326 g/mol. The van der Waals surface area contributed by atoms with Gasteiger partial charge in [0.2, 0.25) is 0 Å². The Morgan fingerprint density at radius 2 is 2.04 bits per heavy atom. The van der Waals surface area contributed by atoms with Crippen LogP contribution in [-0.2, 0) is 4.79 Å².